The largest absolute Gasteiger partial charge is 0.493 e. The zero-order valence-corrected chi connectivity index (χ0v) is 10.8. The smallest absolute Gasteiger partial charge is 0.122 e. The number of hydrogen-bond acceptors (Lipinski definition) is 2. The molecule has 1 rings (SSSR count). The Morgan fingerprint density at radius 2 is 2.20 bits per heavy atom. The number of hydrogen-bond donors (Lipinski definition) is 1. The predicted molar refractivity (Wildman–Crippen MR) is 69.3 cm³/mol. The maximum atomic E-state index is 5.87. The third kappa shape index (κ3) is 3.96. The summed E-state index contributed by atoms with van der Waals surface area (Å²) in [5, 5.41) is 0.751. The van der Waals surface area contributed by atoms with Gasteiger partial charge in [-0.05, 0) is 42.9 Å². The van der Waals surface area contributed by atoms with Crippen molar-refractivity contribution in [3.05, 3.63) is 28.8 Å². The average molecular weight is 245 g/mol. The van der Waals surface area contributed by atoms with E-state index in [1.54, 1.807) is 0 Å². The van der Waals surface area contributed by atoms with Gasteiger partial charge in [-0.25, -0.2) is 0 Å². The van der Waals surface area contributed by atoms with Gasteiger partial charge in [0.1, 0.15) is 5.75 Å². The van der Waals surface area contributed by atoms with Gasteiger partial charge >= 0.3 is 0 Å². The van der Waals surface area contributed by atoms with Crippen molar-refractivity contribution >= 4 is 24.2 Å². The van der Waals surface area contributed by atoms with Gasteiger partial charge in [-0.1, -0.05) is 18.5 Å². The molecule has 0 spiro atoms. The Morgan fingerprint density at radius 1 is 1.47 bits per heavy atom. The van der Waals surface area contributed by atoms with Crippen molar-refractivity contribution in [2.24, 2.45) is 5.92 Å². The van der Waals surface area contributed by atoms with E-state index in [9.17, 15) is 0 Å². The molecule has 0 radical (unpaired) electrons. The molecule has 0 heterocycles. The molecular weight excluding hydrogens is 228 g/mol. The molecule has 0 saturated heterocycles. The normalized spacial score (nSPS) is 12.5. The zero-order valence-electron chi connectivity index (χ0n) is 9.16. The Kier molecular flexibility index (Phi) is 5.34. The fourth-order valence-corrected chi connectivity index (χ4v) is 1.87. The van der Waals surface area contributed by atoms with Gasteiger partial charge in [0.15, 0.2) is 0 Å². The monoisotopic (exact) mass is 244 g/mol. The molecule has 1 aromatic rings. The molecule has 0 fully saturated rings. The molecular formula is C12H17ClOS. The van der Waals surface area contributed by atoms with E-state index in [0.29, 0.717) is 5.92 Å². The Hall–Kier alpha value is -0.340. The first-order chi connectivity index (χ1) is 7.17. The van der Waals surface area contributed by atoms with Crippen LogP contribution in [0.2, 0.25) is 5.02 Å². The van der Waals surface area contributed by atoms with Crippen LogP contribution in [0.5, 0.6) is 5.75 Å². The summed E-state index contributed by atoms with van der Waals surface area (Å²) in [7, 11) is 0. The Bertz CT molecular complexity index is 310. The van der Waals surface area contributed by atoms with E-state index in [2.05, 4.69) is 19.6 Å². The van der Waals surface area contributed by atoms with Gasteiger partial charge in [-0.2, -0.15) is 12.6 Å². The highest BCUT2D eigenvalue weighted by molar-refractivity contribution is 7.80. The average Bonchev–Trinajstić information content (AvgIpc) is 2.22. The van der Waals surface area contributed by atoms with Crippen molar-refractivity contribution in [2.45, 2.75) is 20.3 Å². The number of rotatable bonds is 5. The lowest BCUT2D eigenvalue weighted by atomic mass is 10.1. The second kappa shape index (κ2) is 6.29. The molecule has 1 atom stereocenters. The minimum Gasteiger partial charge on any atom is -0.493 e. The predicted octanol–water partition coefficient (Wildman–Crippen LogP) is 3.98. The number of ether oxygens (including phenoxy) is 1. The van der Waals surface area contributed by atoms with Crippen LogP contribution in [0.4, 0.5) is 0 Å². The van der Waals surface area contributed by atoms with Crippen LogP contribution in [0.25, 0.3) is 0 Å². The topological polar surface area (TPSA) is 9.23 Å². The lowest BCUT2D eigenvalue weighted by molar-refractivity contribution is 0.258. The first kappa shape index (κ1) is 12.7. The number of aryl methyl sites for hydroxylation is 1. The van der Waals surface area contributed by atoms with Crippen LogP contribution in [-0.4, -0.2) is 12.4 Å². The quantitative estimate of drug-likeness (QED) is 0.771. The molecule has 0 saturated carbocycles. The van der Waals surface area contributed by atoms with E-state index in [4.69, 9.17) is 16.3 Å². The minimum atomic E-state index is 0.517. The first-order valence-corrected chi connectivity index (χ1v) is 6.18. The van der Waals surface area contributed by atoms with Gasteiger partial charge in [0.05, 0.1) is 6.61 Å². The van der Waals surface area contributed by atoms with Crippen molar-refractivity contribution in [1.82, 2.24) is 0 Å². The van der Waals surface area contributed by atoms with Gasteiger partial charge in [0, 0.05) is 10.9 Å². The molecule has 1 nitrogen and oxygen atoms in total. The van der Waals surface area contributed by atoms with Crippen molar-refractivity contribution in [3.63, 3.8) is 0 Å². The standard InChI is InChI=1S/C12H17ClOS/c1-3-10(8-15)7-14-12-5-4-11(13)6-9(12)2/h4-6,10,15H,3,7-8H2,1-2H3. The number of thiol groups is 1. The number of halogens is 1. The van der Waals surface area contributed by atoms with Crippen LogP contribution in [-0.2, 0) is 0 Å². The molecule has 0 amide bonds. The maximum absolute atomic E-state index is 5.87. The lowest BCUT2D eigenvalue weighted by Gasteiger charge is -2.14. The van der Waals surface area contributed by atoms with Gasteiger partial charge in [-0.3, -0.25) is 0 Å². The molecule has 1 aromatic carbocycles. The van der Waals surface area contributed by atoms with Gasteiger partial charge in [-0.15, -0.1) is 0 Å². The van der Waals surface area contributed by atoms with Crippen molar-refractivity contribution in [3.8, 4) is 5.75 Å². The third-order valence-electron chi connectivity index (χ3n) is 2.45. The lowest BCUT2D eigenvalue weighted by Crippen LogP contribution is -2.13. The molecule has 15 heavy (non-hydrogen) atoms. The van der Waals surface area contributed by atoms with E-state index in [1.165, 1.54) is 0 Å². The fourth-order valence-electron chi connectivity index (χ4n) is 1.28. The van der Waals surface area contributed by atoms with Crippen LogP contribution >= 0.6 is 24.2 Å². The Balaban J connectivity index is 2.57. The van der Waals surface area contributed by atoms with Crippen molar-refractivity contribution in [2.75, 3.05) is 12.4 Å². The molecule has 3 heteroatoms. The second-order valence-electron chi connectivity index (χ2n) is 3.68. The molecule has 0 aliphatic heterocycles. The summed E-state index contributed by atoms with van der Waals surface area (Å²) in [5.41, 5.74) is 1.08. The van der Waals surface area contributed by atoms with E-state index in [1.807, 2.05) is 25.1 Å². The summed E-state index contributed by atoms with van der Waals surface area (Å²) in [5.74, 6) is 2.30. The zero-order chi connectivity index (χ0) is 11.3. The summed E-state index contributed by atoms with van der Waals surface area (Å²) in [6.07, 6.45) is 1.09. The summed E-state index contributed by atoms with van der Waals surface area (Å²) in [6.45, 7) is 4.88. The fraction of sp³-hybridized carbons (Fsp3) is 0.500. The minimum absolute atomic E-state index is 0.517. The highest BCUT2D eigenvalue weighted by Gasteiger charge is 2.06. The van der Waals surface area contributed by atoms with Crippen LogP contribution in [0.3, 0.4) is 0 Å². The molecule has 1 unspecified atom stereocenters. The molecule has 0 aromatic heterocycles. The molecule has 0 aliphatic rings. The molecule has 0 aliphatic carbocycles. The summed E-state index contributed by atoms with van der Waals surface area (Å²) >= 11 is 10.1. The van der Waals surface area contributed by atoms with E-state index in [-0.39, 0.29) is 0 Å². The Labute approximate surface area is 102 Å². The molecule has 84 valence electrons. The van der Waals surface area contributed by atoms with Crippen molar-refractivity contribution in [1.29, 1.82) is 0 Å². The second-order valence-corrected chi connectivity index (χ2v) is 4.48. The van der Waals surface area contributed by atoms with Crippen LogP contribution in [0.15, 0.2) is 18.2 Å². The molecule has 0 bridgehead atoms. The SMILES string of the molecule is CCC(CS)COc1ccc(Cl)cc1C. The molecule has 0 N–H and O–H groups in total. The summed E-state index contributed by atoms with van der Waals surface area (Å²) in [6, 6.07) is 5.69. The third-order valence-corrected chi connectivity index (χ3v) is 3.20. The maximum Gasteiger partial charge on any atom is 0.122 e. The van der Waals surface area contributed by atoms with Crippen LogP contribution in [0, 0.1) is 12.8 Å². The summed E-state index contributed by atoms with van der Waals surface area (Å²) in [4.78, 5) is 0. The van der Waals surface area contributed by atoms with E-state index >= 15 is 0 Å². The van der Waals surface area contributed by atoms with Crippen LogP contribution < -0.4 is 4.74 Å². The van der Waals surface area contributed by atoms with Gasteiger partial charge in [0.2, 0.25) is 0 Å². The van der Waals surface area contributed by atoms with Crippen LogP contribution in [0.1, 0.15) is 18.9 Å². The van der Waals surface area contributed by atoms with E-state index in [0.717, 1.165) is 35.1 Å². The summed E-state index contributed by atoms with van der Waals surface area (Å²) < 4.78 is 5.73. The van der Waals surface area contributed by atoms with E-state index < -0.39 is 0 Å². The highest BCUT2D eigenvalue weighted by atomic mass is 35.5. The highest BCUT2D eigenvalue weighted by Crippen LogP contribution is 2.22. The first-order valence-electron chi connectivity index (χ1n) is 5.17. The van der Waals surface area contributed by atoms with Crippen molar-refractivity contribution < 1.29 is 4.74 Å². The van der Waals surface area contributed by atoms with Gasteiger partial charge in [0.25, 0.3) is 0 Å². The van der Waals surface area contributed by atoms with Gasteiger partial charge < -0.3 is 4.74 Å². The Morgan fingerprint density at radius 3 is 2.73 bits per heavy atom. The number of benzene rings is 1.